The average molecular weight is 510 g/mol. The summed E-state index contributed by atoms with van der Waals surface area (Å²) in [6.45, 7) is 8.46. The van der Waals surface area contributed by atoms with Crippen LogP contribution in [0.25, 0.3) is 0 Å². The Morgan fingerprint density at radius 2 is 1.71 bits per heavy atom. The first-order valence-corrected chi connectivity index (χ1v) is 13.6. The van der Waals surface area contributed by atoms with Crippen LogP contribution in [0.5, 0.6) is 5.75 Å². The van der Waals surface area contributed by atoms with Gasteiger partial charge in [0.25, 0.3) is 0 Å². The van der Waals surface area contributed by atoms with Crippen molar-refractivity contribution in [1.82, 2.24) is 15.3 Å². The summed E-state index contributed by atoms with van der Waals surface area (Å²) in [5.41, 5.74) is 0.150. The van der Waals surface area contributed by atoms with Crippen molar-refractivity contribution in [1.29, 1.82) is 0 Å². The fraction of sp³-hybridized carbons (Fsp3) is 0.583. The molecule has 11 heteroatoms. The van der Waals surface area contributed by atoms with Gasteiger partial charge in [0.05, 0.1) is 17.7 Å². The van der Waals surface area contributed by atoms with Crippen LogP contribution >= 0.6 is 0 Å². The van der Waals surface area contributed by atoms with Crippen LogP contribution in [0, 0.1) is 11.6 Å². The molecule has 1 aromatic heterocycles. The number of hydrogen-bond donors (Lipinski definition) is 3. The van der Waals surface area contributed by atoms with E-state index in [4.69, 9.17) is 4.74 Å². The van der Waals surface area contributed by atoms with Crippen molar-refractivity contribution in [2.45, 2.75) is 76.6 Å². The third kappa shape index (κ3) is 6.78. The molecule has 0 spiro atoms. The summed E-state index contributed by atoms with van der Waals surface area (Å²) in [4.78, 5) is 8.26. The standard InChI is InChI=1S/C24H33F2N5O3S/c1-23(2)12-16(13-24(3,4)31-23)28-21-19(26)14-27-22(30-21)29-15-5-6-20(18(25)11-15)34-17-7-9-35(32,33)10-8-17/h5-6,11,14,16-17,31H,7-10,12-13H2,1-4H3,(H2,27,28,29,30). The monoisotopic (exact) mass is 509 g/mol. The second-order valence-electron chi connectivity index (χ2n) is 10.8. The molecule has 4 rings (SSSR count). The van der Waals surface area contributed by atoms with E-state index in [0.717, 1.165) is 19.0 Å². The molecule has 3 heterocycles. The van der Waals surface area contributed by atoms with Gasteiger partial charge >= 0.3 is 0 Å². The molecule has 0 bridgehead atoms. The lowest BCUT2D eigenvalue weighted by Crippen LogP contribution is -2.60. The van der Waals surface area contributed by atoms with E-state index in [-0.39, 0.29) is 52.2 Å². The number of nitrogens with zero attached hydrogens (tertiary/aromatic N) is 2. The Bertz CT molecular complexity index is 1160. The molecule has 35 heavy (non-hydrogen) atoms. The van der Waals surface area contributed by atoms with Crippen molar-refractivity contribution in [2.75, 3.05) is 22.1 Å². The van der Waals surface area contributed by atoms with Gasteiger partial charge in [-0.25, -0.2) is 22.2 Å². The van der Waals surface area contributed by atoms with Gasteiger partial charge in [0.15, 0.2) is 33.0 Å². The fourth-order valence-electron chi connectivity index (χ4n) is 5.12. The lowest BCUT2D eigenvalue weighted by atomic mass is 9.79. The molecule has 0 saturated carbocycles. The number of nitrogens with one attached hydrogen (secondary N) is 3. The summed E-state index contributed by atoms with van der Waals surface area (Å²) in [7, 11) is -3.02. The Hall–Kier alpha value is -2.53. The van der Waals surface area contributed by atoms with Crippen LogP contribution in [0.4, 0.5) is 26.2 Å². The minimum atomic E-state index is -3.02. The second kappa shape index (κ2) is 9.50. The Morgan fingerprint density at radius 3 is 2.34 bits per heavy atom. The summed E-state index contributed by atoms with van der Waals surface area (Å²) in [6, 6.07) is 4.34. The quantitative estimate of drug-likeness (QED) is 0.533. The Balaban J connectivity index is 1.42. The van der Waals surface area contributed by atoms with Gasteiger partial charge < -0.3 is 20.7 Å². The lowest BCUT2D eigenvalue weighted by molar-refractivity contribution is 0.170. The van der Waals surface area contributed by atoms with E-state index in [9.17, 15) is 17.2 Å². The number of aromatic nitrogens is 2. The molecular formula is C24H33F2N5O3S. The molecule has 8 nitrogen and oxygen atoms in total. The molecular weight excluding hydrogens is 476 g/mol. The maximum Gasteiger partial charge on any atom is 0.229 e. The molecule has 2 aromatic rings. The molecule has 3 N–H and O–H groups in total. The zero-order valence-corrected chi connectivity index (χ0v) is 21.3. The largest absolute Gasteiger partial charge is 0.487 e. The van der Waals surface area contributed by atoms with E-state index in [1.165, 1.54) is 12.1 Å². The number of piperidine rings is 1. The van der Waals surface area contributed by atoms with Gasteiger partial charge in [0, 0.05) is 28.9 Å². The first kappa shape index (κ1) is 25.6. The van der Waals surface area contributed by atoms with Crippen molar-refractivity contribution in [2.24, 2.45) is 0 Å². The van der Waals surface area contributed by atoms with Gasteiger partial charge in [-0.1, -0.05) is 0 Å². The third-order valence-electron chi connectivity index (χ3n) is 6.26. The van der Waals surface area contributed by atoms with E-state index in [2.05, 4.69) is 53.6 Å². The molecule has 0 unspecified atom stereocenters. The number of ether oxygens (including phenoxy) is 1. The highest BCUT2D eigenvalue weighted by molar-refractivity contribution is 7.91. The number of anilines is 3. The van der Waals surface area contributed by atoms with Crippen LogP contribution in [0.15, 0.2) is 24.4 Å². The van der Waals surface area contributed by atoms with E-state index < -0.39 is 21.5 Å². The second-order valence-corrected chi connectivity index (χ2v) is 13.1. The highest BCUT2D eigenvalue weighted by Crippen LogP contribution is 2.31. The Morgan fingerprint density at radius 1 is 1.06 bits per heavy atom. The van der Waals surface area contributed by atoms with Gasteiger partial charge in [-0.3, -0.25) is 0 Å². The number of hydrogen-bond acceptors (Lipinski definition) is 8. The minimum absolute atomic E-state index is 0.0159. The molecule has 2 saturated heterocycles. The van der Waals surface area contributed by atoms with Crippen LogP contribution < -0.4 is 20.7 Å². The van der Waals surface area contributed by atoms with Crippen LogP contribution in [-0.4, -0.2) is 53.1 Å². The zero-order valence-electron chi connectivity index (χ0n) is 20.5. The minimum Gasteiger partial charge on any atom is -0.487 e. The van der Waals surface area contributed by atoms with Gasteiger partial charge in [0.1, 0.15) is 6.10 Å². The van der Waals surface area contributed by atoms with Gasteiger partial charge in [-0.15, -0.1) is 0 Å². The summed E-state index contributed by atoms with van der Waals surface area (Å²) >= 11 is 0. The molecule has 0 amide bonds. The molecule has 2 aliphatic heterocycles. The number of sulfone groups is 1. The molecule has 0 radical (unpaired) electrons. The first-order chi connectivity index (χ1) is 16.3. The number of rotatable bonds is 6. The molecule has 2 aliphatic rings. The SMILES string of the molecule is CC1(C)CC(Nc2nc(Nc3ccc(OC4CCS(=O)(=O)CC4)c(F)c3)ncc2F)CC(C)(C)N1. The fourth-order valence-corrected chi connectivity index (χ4v) is 6.56. The maximum atomic E-state index is 14.7. The van der Waals surface area contributed by atoms with Crippen molar-refractivity contribution < 1.29 is 21.9 Å². The lowest BCUT2D eigenvalue weighted by Gasteiger charge is -2.46. The summed E-state index contributed by atoms with van der Waals surface area (Å²) < 4.78 is 58.0. The van der Waals surface area contributed by atoms with Crippen LogP contribution in [0.3, 0.4) is 0 Å². The highest BCUT2D eigenvalue weighted by atomic mass is 32.2. The van der Waals surface area contributed by atoms with Crippen molar-refractivity contribution in [3.05, 3.63) is 36.0 Å². The van der Waals surface area contributed by atoms with Crippen LogP contribution in [0.1, 0.15) is 53.4 Å². The normalized spacial score (nSPS) is 21.9. The first-order valence-electron chi connectivity index (χ1n) is 11.8. The summed E-state index contributed by atoms with van der Waals surface area (Å²) in [5, 5.41) is 9.72. The van der Waals surface area contributed by atoms with Crippen LogP contribution in [-0.2, 0) is 9.84 Å². The van der Waals surface area contributed by atoms with E-state index >= 15 is 0 Å². The van der Waals surface area contributed by atoms with Crippen molar-refractivity contribution >= 4 is 27.3 Å². The van der Waals surface area contributed by atoms with Gasteiger partial charge in [0.2, 0.25) is 5.95 Å². The number of halogens is 2. The Kier molecular flexibility index (Phi) is 6.93. The molecule has 1 aromatic carbocycles. The van der Waals surface area contributed by atoms with Crippen molar-refractivity contribution in [3.63, 3.8) is 0 Å². The van der Waals surface area contributed by atoms with Gasteiger partial charge in [-0.05, 0) is 65.5 Å². The van der Waals surface area contributed by atoms with Gasteiger partial charge in [-0.2, -0.15) is 4.98 Å². The maximum absolute atomic E-state index is 14.7. The molecule has 2 fully saturated rings. The third-order valence-corrected chi connectivity index (χ3v) is 7.97. The average Bonchev–Trinajstić information content (AvgIpc) is 2.71. The molecule has 192 valence electrons. The Labute approximate surface area is 205 Å². The smallest absolute Gasteiger partial charge is 0.229 e. The summed E-state index contributed by atoms with van der Waals surface area (Å²) in [5.74, 6) is -0.788. The van der Waals surface area contributed by atoms with E-state index in [0.29, 0.717) is 18.5 Å². The zero-order chi connectivity index (χ0) is 25.4. The predicted octanol–water partition coefficient (Wildman–Crippen LogP) is 4.18. The van der Waals surface area contributed by atoms with Crippen LogP contribution in [0.2, 0.25) is 0 Å². The predicted molar refractivity (Wildman–Crippen MR) is 132 cm³/mol. The van der Waals surface area contributed by atoms with Crippen molar-refractivity contribution in [3.8, 4) is 5.75 Å². The van der Waals surface area contributed by atoms with E-state index in [1.54, 1.807) is 6.07 Å². The summed E-state index contributed by atoms with van der Waals surface area (Å²) in [6.07, 6.45) is 3.01. The topological polar surface area (TPSA) is 105 Å². The van der Waals surface area contributed by atoms with E-state index in [1.807, 2.05) is 0 Å². The molecule has 0 aliphatic carbocycles. The highest BCUT2D eigenvalue weighted by Gasteiger charge is 2.38. The molecule has 0 atom stereocenters. The number of benzene rings is 1.